The molecule has 0 saturated heterocycles. The summed E-state index contributed by atoms with van der Waals surface area (Å²) in [7, 11) is 1.76. The largest absolute Gasteiger partial charge is 0.465 e. The molecule has 0 fully saturated rings. The van der Waals surface area contributed by atoms with Crippen LogP contribution < -0.4 is 5.32 Å². The third kappa shape index (κ3) is 6.09. The fraction of sp³-hybridized carbons (Fsp3) is 0.500. The molecule has 1 aromatic rings. The zero-order valence-electron chi connectivity index (χ0n) is 20.9. The highest BCUT2D eigenvalue weighted by Crippen LogP contribution is 2.42. The van der Waals surface area contributed by atoms with Gasteiger partial charge in [-0.25, -0.2) is 4.98 Å². The lowest BCUT2D eigenvalue weighted by molar-refractivity contribution is -0.125. The Morgan fingerprint density at radius 2 is 1.97 bits per heavy atom. The van der Waals surface area contributed by atoms with Gasteiger partial charge in [-0.05, 0) is 67.5 Å². The number of ether oxygens (including phenoxy) is 1. The maximum atomic E-state index is 12.7. The Bertz CT molecular complexity index is 967. The minimum atomic E-state index is -0.518. The Morgan fingerprint density at radius 1 is 1.31 bits per heavy atom. The average molecular weight is 440 g/mol. The number of likely N-dealkylation sites (N-methyl/N-ethyl adjacent to an activating group) is 1. The second-order valence-electron chi connectivity index (χ2n) is 9.68. The number of pyridine rings is 1. The van der Waals surface area contributed by atoms with Gasteiger partial charge in [-0.3, -0.25) is 9.59 Å². The smallest absolute Gasteiger partial charge is 0.246 e. The highest BCUT2D eigenvalue weighted by molar-refractivity contribution is 5.98. The highest BCUT2D eigenvalue weighted by atomic mass is 16.5. The Morgan fingerprint density at radius 3 is 2.56 bits per heavy atom. The zero-order valence-corrected chi connectivity index (χ0v) is 20.9. The molecule has 1 aliphatic heterocycles. The third-order valence-electron chi connectivity index (χ3n) is 5.89. The second-order valence-corrected chi connectivity index (χ2v) is 9.68. The Balaban J connectivity index is 2.12. The van der Waals surface area contributed by atoms with E-state index in [1.807, 2.05) is 47.6 Å². The number of allylic oxidation sites excluding steroid dienone is 3. The van der Waals surface area contributed by atoms with Crippen molar-refractivity contribution in [2.45, 2.75) is 61.3 Å². The highest BCUT2D eigenvalue weighted by Gasteiger charge is 2.40. The van der Waals surface area contributed by atoms with Crippen LogP contribution in [-0.4, -0.2) is 35.3 Å². The first-order valence-electron chi connectivity index (χ1n) is 11.1. The molecule has 6 nitrogen and oxygen atoms in total. The van der Waals surface area contributed by atoms with E-state index in [4.69, 9.17) is 4.74 Å². The first kappa shape index (κ1) is 25.4. The lowest BCUT2D eigenvalue weighted by atomic mass is 9.73. The Kier molecular flexibility index (Phi) is 8.05. The number of nitrogens with zero attached hydrogens (tertiary/aromatic N) is 2. The summed E-state index contributed by atoms with van der Waals surface area (Å²) in [6.45, 7) is 16.4. The van der Waals surface area contributed by atoms with Crippen LogP contribution >= 0.6 is 0 Å². The van der Waals surface area contributed by atoms with Crippen molar-refractivity contribution in [3.05, 3.63) is 52.6 Å². The van der Waals surface area contributed by atoms with Gasteiger partial charge in [0.15, 0.2) is 0 Å². The Hall–Kier alpha value is -2.89. The predicted octanol–water partition coefficient (Wildman–Crippen LogP) is 5.51. The monoisotopic (exact) mass is 439 g/mol. The van der Waals surface area contributed by atoms with E-state index in [-0.39, 0.29) is 17.7 Å². The first-order chi connectivity index (χ1) is 14.8. The van der Waals surface area contributed by atoms with Crippen molar-refractivity contribution in [2.75, 3.05) is 18.9 Å². The molecule has 2 heterocycles. The molecule has 2 rings (SSSR count). The van der Waals surface area contributed by atoms with Crippen molar-refractivity contribution < 1.29 is 14.3 Å². The predicted molar refractivity (Wildman–Crippen MR) is 130 cm³/mol. The van der Waals surface area contributed by atoms with E-state index >= 15 is 0 Å². The van der Waals surface area contributed by atoms with E-state index in [9.17, 15) is 9.59 Å². The molecule has 1 aliphatic rings. The lowest BCUT2D eigenvalue weighted by Crippen LogP contribution is -2.40. The van der Waals surface area contributed by atoms with Crippen LogP contribution in [0.1, 0.15) is 72.4 Å². The van der Waals surface area contributed by atoms with Gasteiger partial charge in [0.05, 0.1) is 17.7 Å². The zero-order chi connectivity index (χ0) is 24.2. The van der Waals surface area contributed by atoms with Crippen LogP contribution in [0.5, 0.6) is 0 Å². The van der Waals surface area contributed by atoms with Gasteiger partial charge in [0, 0.05) is 19.3 Å². The van der Waals surface area contributed by atoms with Crippen LogP contribution in [0, 0.1) is 11.3 Å². The number of nitrogens with one attached hydrogen (secondary N) is 1. The van der Waals surface area contributed by atoms with Crippen LogP contribution in [0.25, 0.3) is 6.08 Å². The summed E-state index contributed by atoms with van der Waals surface area (Å²) in [6, 6.07) is 1.99. The van der Waals surface area contributed by atoms with E-state index in [0.29, 0.717) is 18.3 Å². The van der Waals surface area contributed by atoms with Gasteiger partial charge in [-0.2, -0.15) is 0 Å². The van der Waals surface area contributed by atoms with Crippen LogP contribution in [0.4, 0.5) is 5.82 Å². The topological polar surface area (TPSA) is 71.5 Å². The number of hydrogen-bond donors (Lipinski definition) is 1. The van der Waals surface area contributed by atoms with Crippen molar-refractivity contribution in [3.8, 4) is 0 Å². The third-order valence-corrected chi connectivity index (χ3v) is 5.89. The van der Waals surface area contributed by atoms with Crippen molar-refractivity contribution >= 4 is 23.7 Å². The van der Waals surface area contributed by atoms with E-state index in [1.54, 1.807) is 30.3 Å². The van der Waals surface area contributed by atoms with Gasteiger partial charge in [0.2, 0.25) is 11.8 Å². The molecule has 1 aromatic heterocycles. The molecular formula is C26H37N3O3. The van der Waals surface area contributed by atoms with Gasteiger partial charge in [-0.15, -0.1) is 0 Å². The number of carbonyl (C=O) groups is 2. The average Bonchev–Trinajstić information content (AvgIpc) is 2.69. The van der Waals surface area contributed by atoms with Gasteiger partial charge in [0.1, 0.15) is 11.6 Å². The van der Waals surface area contributed by atoms with Crippen LogP contribution in [0.15, 0.2) is 41.5 Å². The summed E-state index contributed by atoms with van der Waals surface area (Å²) in [4.78, 5) is 31.0. The molecule has 6 heteroatoms. The van der Waals surface area contributed by atoms with Gasteiger partial charge in [-0.1, -0.05) is 34.6 Å². The van der Waals surface area contributed by atoms with Crippen molar-refractivity contribution in [2.24, 2.45) is 11.3 Å². The fourth-order valence-electron chi connectivity index (χ4n) is 3.46. The summed E-state index contributed by atoms with van der Waals surface area (Å²) in [5.41, 5.74) is 2.31. The molecule has 2 amide bonds. The molecule has 0 saturated carbocycles. The lowest BCUT2D eigenvalue weighted by Gasteiger charge is -2.36. The molecule has 0 aliphatic carbocycles. The van der Waals surface area contributed by atoms with Crippen LogP contribution in [0.3, 0.4) is 0 Å². The van der Waals surface area contributed by atoms with Crippen LogP contribution in [-0.2, 0) is 14.3 Å². The standard InChI is InChI=1S/C26H37N3O3/c1-16(2)12-18(5)32-22(17(3)4)15-29(9)23(30)11-10-20-13-21-19(6)26(7,8)25(31)28-24(21)27-14-20/h10-14,16,19H,15H2,1-9H3,(H,27,28,31)/b11-10+,18-12+. The van der Waals surface area contributed by atoms with Crippen LogP contribution in [0.2, 0.25) is 0 Å². The molecule has 1 unspecified atom stereocenters. The number of rotatable bonds is 7. The summed E-state index contributed by atoms with van der Waals surface area (Å²) in [5.74, 6) is 2.45. The molecule has 0 radical (unpaired) electrons. The molecule has 174 valence electrons. The summed E-state index contributed by atoms with van der Waals surface area (Å²) >= 11 is 0. The van der Waals surface area contributed by atoms with Gasteiger partial charge < -0.3 is 15.0 Å². The summed E-state index contributed by atoms with van der Waals surface area (Å²) < 4.78 is 5.99. The SMILES string of the molecule is CC(C)=C(CN(C)C(=O)/C=C/c1cnc2c(c1)C(C)C(C)(C)C(=O)N2)O/C(C)=C/C(C)C. The number of hydrogen-bond acceptors (Lipinski definition) is 4. The number of amides is 2. The number of aromatic nitrogens is 1. The number of anilines is 1. The quantitative estimate of drug-likeness (QED) is 0.449. The number of fused-ring (bicyclic) bond motifs is 1. The first-order valence-corrected chi connectivity index (χ1v) is 11.1. The van der Waals surface area contributed by atoms with E-state index in [1.165, 1.54) is 0 Å². The van der Waals surface area contributed by atoms with E-state index in [0.717, 1.165) is 28.2 Å². The molecule has 32 heavy (non-hydrogen) atoms. The Labute approximate surface area is 192 Å². The van der Waals surface area contributed by atoms with Gasteiger partial charge >= 0.3 is 0 Å². The molecule has 1 atom stereocenters. The van der Waals surface area contributed by atoms with Crippen molar-refractivity contribution in [3.63, 3.8) is 0 Å². The number of carbonyl (C=O) groups excluding carboxylic acids is 2. The van der Waals surface area contributed by atoms with E-state index in [2.05, 4.69) is 30.2 Å². The minimum Gasteiger partial charge on any atom is -0.465 e. The summed E-state index contributed by atoms with van der Waals surface area (Å²) in [5, 5.41) is 2.88. The molecule has 0 aromatic carbocycles. The van der Waals surface area contributed by atoms with Gasteiger partial charge in [0.25, 0.3) is 0 Å². The second kappa shape index (κ2) is 10.2. The minimum absolute atomic E-state index is 0.0185. The molecule has 1 N–H and O–H groups in total. The molecular weight excluding hydrogens is 402 g/mol. The van der Waals surface area contributed by atoms with Crippen molar-refractivity contribution in [1.82, 2.24) is 9.88 Å². The molecule has 0 spiro atoms. The summed E-state index contributed by atoms with van der Waals surface area (Å²) in [6.07, 6.45) is 7.02. The fourth-order valence-corrected chi connectivity index (χ4v) is 3.46. The van der Waals surface area contributed by atoms with Crippen molar-refractivity contribution in [1.29, 1.82) is 0 Å². The maximum Gasteiger partial charge on any atom is 0.246 e. The maximum absolute atomic E-state index is 12.7. The van der Waals surface area contributed by atoms with E-state index < -0.39 is 5.41 Å². The normalized spacial score (nSPS) is 17.8. The molecule has 0 bridgehead atoms.